The molecular formula is C20H24O2. The van der Waals surface area contributed by atoms with E-state index in [2.05, 4.69) is 19.1 Å². The zero-order chi connectivity index (χ0) is 15.5. The standard InChI is InChI=1S/C20H24O2/c1-12(21)18-7-8-19-17-5-3-13-11-14(22)4-6-15(13)16(17)9-10-20(18,19)2/h9-11,17-19H,3-8H2,1-2H3/t17?,18-,19?,20?/m1/s1. The van der Waals surface area contributed by atoms with Crippen LogP contribution in [0.15, 0.2) is 34.9 Å². The van der Waals surface area contributed by atoms with Crippen molar-refractivity contribution in [3.63, 3.8) is 0 Å². The summed E-state index contributed by atoms with van der Waals surface area (Å²) in [7, 11) is 0. The Kier molecular flexibility index (Phi) is 3.08. The molecule has 0 spiro atoms. The number of carbonyl (C=O) groups excluding carboxylic acids is 2. The second kappa shape index (κ2) is 4.78. The largest absolute Gasteiger partial charge is 0.300 e. The van der Waals surface area contributed by atoms with Crippen LogP contribution in [0.3, 0.4) is 0 Å². The molecule has 4 aliphatic rings. The van der Waals surface area contributed by atoms with Crippen molar-refractivity contribution in [2.75, 3.05) is 0 Å². The Hall–Kier alpha value is -1.44. The first kappa shape index (κ1) is 14.2. The number of ketones is 2. The van der Waals surface area contributed by atoms with Crippen molar-refractivity contribution < 1.29 is 9.59 Å². The first-order valence-corrected chi connectivity index (χ1v) is 8.67. The molecular weight excluding hydrogens is 272 g/mol. The topological polar surface area (TPSA) is 34.1 Å². The zero-order valence-corrected chi connectivity index (χ0v) is 13.5. The number of allylic oxidation sites excluding steroid dienone is 6. The van der Waals surface area contributed by atoms with E-state index in [1.807, 2.05) is 6.08 Å². The minimum absolute atomic E-state index is 0.0479. The number of Topliss-reactive ketones (excluding diaryl/α,β-unsaturated/α-hetero) is 1. The average molecular weight is 296 g/mol. The van der Waals surface area contributed by atoms with Crippen LogP contribution >= 0.6 is 0 Å². The van der Waals surface area contributed by atoms with E-state index >= 15 is 0 Å². The molecule has 3 unspecified atom stereocenters. The molecule has 116 valence electrons. The average Bonchev–Trinajstić information content (AvgIpc) is 2.84. The molecule has 0 heterocycles. The van der Waals surface area contributed by atoms with Crippen molar-refractivity contribution in [1.29, 1.82) is 0 Å². The van der Waals surface area contributed by atoms with Crippen LogP contribution in [-0.4, -0.2) is 11.6 Å². The molecule has 0 bridgehead atoms. The summed E-state index contributed by atoms with van der Waals surface area (Å²) < 4.78 is 0. The van der Waals surface area contributed by atoms with Gasteiger partial charge in [0, 0.05) is 12.3 Å². The van der Waals surface area contributed by atoms with Gasteiger partial charge in [0.25, 0.3) is 0 Å². The Bertz CT molecular complexity index is 649. The van der Waals surface area contributed by atoms with Crippen molar-refractivity contribution in [1.82, 2.24) is 0 Å². The van der Waals surface area contributed by atoms with Gasteiger partial charge in [0.05, 0.1) is 0 Å². The molecule has 1 saturated carbocycles. The molecule has 2 nitrogen and oxygen atoms in total. The maximum Gasteiger partial charge on any atom is 0.156 e. The molecule has 0 N–H and O–H groups in total. The summed E-state index contributed by atoms with van der Waals surface area (Å²) in [5.74, 6) is 2.04. The normalized spacial score (nSPS) is 40.0. The van der Waals surface area contributed by atoms with Crippen LogP contribution in [0, 0.1) is 23.2 Å². The minimum Gasteiger partial charge on any atom is -0.300 e. The summed E-state index contributed by atoms with van der Waals surface area (Å²) in [6.45, 7) is 4.05. The van der Waals surface area contributed by atoms with Gasteiger partial charge in [-0.2, -0.15) is 0 Å². The van der Waals surface area contributed by atoms with Gasteiger partial charge in [-0.05, 0) is 79.1 Å². The molecule has 4 atom stereocenters. The number of hydrogen-bond donors (Lipinski definition) is 0. The van der Waals surface area contributed by atoms with E-state index in [9.17, 15) is 9.59 Å². The lowest BCUT2D eigenvalue weighted by Crippen LogP contribution is -2.38. The van der Waals surface area contributed by atoms with Crippen molar-refractivity contribution in [2.24, 2.45) is 23.2 Å². The van der Waals surface area contributed by atoms with Gasteiger partial charge < -0.3 is 0 Å². The van der Waals surface area contributed by atoms with Crippen molar-refractivity contribution >= 4 is 11.6 Å². The van der Waals surface area contributed by atoms with Crippen molar-refractivity contribution in [3.8, 4) is 0 Å². The molecule has 0 aromatic carbocycles. The van der Waals surface area contributed by atoms with Crippen LogP contribution in [0.2, 0.25) is 0 Å². The molecule has 0 amide bonds. The lowest BCUT2D eigenvalue weighted by molar-refractivity contribution is -0.123. The molecule has 0 saturated heterocycles. The Morgan fingerprint density at radius 1 is 1.18 bits per heavy atom. The molecule has 2 heteroatoms. The first-order chi connectivity index (χ1) is 10.5. The lowest BCUT2D eigenvalue weighted by atomic mass is 9.59. The van der Waals surface area contributed by atoms with Crippen LogP contribution in [0.25, 0.3) is 0 Å². The molecule has 0 aromatic heterocycles. The highest BCUT2D eigenvalue weighted by atomic mass is 16.1. The second-order valence-electron chi connectivity index (χ2n) is 7.76. The molecule has 22 heavy (non-hydrogen) atoms. The molecule has 0 aromatic rings. The Morgan fingerprint density at radius 3 is 2.77 bits per heavy atom. The van der Waals surface area contributed by atoms with E-state index < -0.39 is 0 Å². The fourth-order valence-corrected chi connectivity index (χ4v) is 5.66. The maximum atomic E-state index is 12.0. The first-order valence-electron chi connectivity index (χ1n) is 8.67. The van der Waals surface area contributed by atoms with E-state index in [0.717, 1.165) is 25.7 Å². The fraction of sp³-hybridized carbons (Fsp3) is 0.600. The number of hydrogen-bond acceptors (Lipinski definition) is 2. The van der Waals surface area contributed by atoms with Gasteiger partial charge in [-0.15, -0.1) is 0 Å². The summed E-state index contributed by atoms with van der Waals surface area (Å²) in [4.78, 5) is 23.7. The van der Waals surface area contributed by atoms with Gasteiger partial charge in [-0.25, -0.2) is 0 Å². The SMILES string of the molecule is CC(=O)[C@H]1CCC2C3CCC4=CC(=O)CCC4=C3C=CC21C. The van der Waals surface area contributed by atoms with Crippen molar-refractivity contribution in [3.05, 3.63) is 34.9 Å². The predicted molar refractivity (Wildman–Crippen MR) is 86.2 cm³/mol. The lowest BCUT2D eigenvalue weighted by Gasteiger charge is -2.45. The molecule has 4 rings (SSSR count). The summed E-state index contributed by atoms with van der Waals surface area (Å²) in [6, 6.07) is 0. The van der Waals surface area contributed by atoms with Gasteiger partial charge >= 0.3 is 0 Å². The Labute approximate surface area is 132 Å². The van der Waals surface area contributed by atoms with Crippen LogP contribution in [0.5, 0.6) is 0 Å². The van der Waals surface area contributed by atoms with E-state index in [-0.39, 0.29) is 11.3 Å². The summed E-state index contributed by atoms with van der Waals surface area (Å²) in [5, 5.41) is 0. The Morgan fingerprint density at radius 2 is 2.00 bits per heavy atom. The predicted octanol–water partition coefficient (Wildman–Crippen LogP) is 4.17. The van der Waals surface area contributed by atoms with Gasteiger partial charge in [-0.1, -0.05) is 19.1 Å². The summed E-state index contributed by atoms with van der Waals surface area (Å²) >= 11 is 0. The monoisotopic (exact) mass is 296 g/mol. The Balaban J connectivity index is 1.79. The second-order valence-corrected chi connectivity index (χ2v) is 7.76. The molecule has 4 aliphatic carbocycles. The highest BCUT2D eigenvalue weighted by Crippen LogP contribution is 2.59. The fourth-order valence-electron chi connectivity index (χ4n) is 5.66. The summed E-state index contributed by atoms with van der Waals surface area (Å²) in [6.07, 6.45) is 12.5. The van der Waals surface area contributed by atoms with E-state index in [1.165, 1.54) is 23.1 Å². The minimum atomic E-state index is 0.0479. The molecule has 0 radical (unpaired) electrons. The zero-order valence-electron chi connectivity index (χ0n) is 13.5. The summed E-state index contributed by atoms with van der Waals surface area (Å²) in [5.41, 5.74) is 4.26. The van der Waals surface area contributed by atoms with Crippen LogP contribution in [0.4, 0.5) is 0 Å². The van der Waals surface area contributed by atoms with E-state index in [4.69, 9.17) is 0 Å². The maximum absolute atomic E-state index is 12.0. The third kappa shape index (κ3) is 1.85. The number of rotatable bonds is 1. The van der Waals surface area contributed by atoms with Crippen LogP contribution in [0.1, 0.15) is 52.4 Å². The smallest absolute Gasteiger partial charge is 0.156 e. The highest BCUT2D eigenvalue weighted by molar-refractivity contribution is 5.93. The van der Waals surface area contributed by atoms with Gasteiger partial charge in [0.15, 0.2) is 5.78 Å². The quantitative estimate of drug-likeness (QED) is 0.727. The van der Waals surface area contributed by atoms with E-state index in [1.54, 1.807) is 6.92 Å². The van der Waals surface area contributed by atoms with Crippen molar-refractivity contribution in [2.45, 2.75) is 52.4 Å². The number of fused-ring (bicyclic) bond motifs is 4. The van der Waals surface area contributed by atoms with Gasteiger partial charge in [0.2, 0.25) is 0 Å². The number of carbonyl (C=O) groups is 2. The van der Waals surface area contributed by atoms with Gasteiger partial charge in [-0.3, -0.25) is 9.59 Å². The van der Waals surface area contributed by atoms with E-state index in [0.29, 0.717) is 29.8 Å². The van der Waals surface area contributed by atoms with Crippen LogP contribution < -0.4 is 0 Å². The van der Waals surface area contributed by atoms with Gasteiger partial charge in [0.1, 0.15) is 5.78 Å². The third-order valence-corrected chi connectivity index (χ3v) is 6.73. The highest BCUT2D eigenvalue weighted by Gasteiger charge is 2.52. The van der Waals surface area contributed by atoms with Crippen LogP contribution in [-0.2, 0) is 9.59 Å². The third-order valence-electron chi connectivity index (χ3n) is 6.73. The molecule has 0 aliphatic heterocycles. The molecule has 1 fully saturated rings.